The van der Waals surface area contributed by atoms with Crippen molar-refractivity contribution in [1.29, 1.82) is 0 Å². The van der Waals surface area contributed by atoms with E-state index in [2.05, 4.69) is 4.57 Å². The smallest absolute Gasteiger partial charge is 0.270 e. The standard InChI is InChI=1S/C15H22N2O3S/c1-2-21(19,20)13-10-16(11-13)15(18)14-8-5-9-17(14)12-6-3-4-7-12/h5,8-9,12-13H,2-4,6-7,10-11H2,1H3. The van der Waals surface area contributed by atoms with Crippen LogP contribution in [0.25, 0.3) is 0 Å². The lowest BCUT2D eigenvalue weighted by Crippen LogP contribution is -2.57. The molecule has 1 saturated heterocycles. The van der Waals surface area contributed by atoms with E-state index < -0.39 is 9.84 Å². The van der Waals surface area contributed by atoms with E-state index in [9.17, 15) is 13.2 Å². The zero-order valence-electron chi connectivity index (χ0n) is 12.4. The van der Waals surface area contributed by atoms with Crippen molar-refractivity contribution in [3.8, 4) is 0 Å². The van der Waals surface area contributed by atoms with Crippen molar-refractivity contribution in [2.45, 2.75) is 43.9 Å². The van der Waals surface area contributed by atoms with Crippen molar-refractivity contribution >= 4 is 15.7 Å². The van der Waals surface area contributed by atoms with Gasteiger partial charge in [-0.2, -0.15) is 0 Å². The Hall–Kier alpha value is -1.30. The summed E-state index contributed by atoms with van der Waals surface area (Å²) in [5.74, 6) is 0.118. The van der Waals surface area contributed by atoms with Crippen LogP contribution in [0.1, 0.15) is 49.1 Å². The maximum Gasteiger partial charge on any atom is 0.270 e. The van der Waals surface area contributed by atoms with E-state index in [1.54, 1.807) is 11.8 Å². The fourth-order valence-electron chi connectivity index (χ4n) is 3.30. The fourth-order valence-corrected chi connectivity index (χ4v) is 4.59. The van der Waals surface area contributed by atoms with Crippen molar-refractivity contribution in [2.24, 2.45) is 0 Å². The Morgan fingerprint density at radius 3 is 2.57 bits per heavy atom. The average Bonchev–Trinajstić information content (AvgIpc) is 3.06. The summed E-state index contributed by atoms with van der Waals surface area (Å²) in [4.78, 5) is 14.2. The minimum atomic E-state index is -3.02. The summed E-state index contributed by atoms with van der Waals surface area (Å²) < 4.78 is 25.6. The minimum Gasteiger partial charge on any atom is -0.340 e. The Morgan fingerprint density at radius 1 is 1.29 bits per heavy atom. The summed E-state index contributed by atoms with van der Waals surface area (Å²) in [7, 11) is -3.02. The summed E-state index contributed by atoms with van der Waals surface area (Å²) >= 11 is 0. The van der Waals surface area contributed by atoms with Crippen molar-refractivity contribution in [1.82, 2.24) is 9.47 Å². The predicted octanol–water partition coefficient (Wildman–Crippen LogP) is 1.86. The summed E-state index contributed by atoms with van der Waals surface area (Å²) in [6.07, 6.45) is 6.67. The number of amides is 1. The van der Waals surface area contributed by atoms with Gasteiger partial charge in [-0.1, -0.05) is 19.8 Å². The second kappa shape index (κ2) is 5.48. The van der Waals surface area contributed by atoms with Crippen LogP contribution < -0.4 is 0 Å². The number of hydrogen-bond acceptors (Lipinski definition) is 3. The first kappa shape index (κ1) is 14.6. The van der Waals surface area contributed by atoms with E-state index in [0.717, 1.165) is 12.8 Å². The highest BCUT2D eigenvalue weighted by Gasteiger charge is 2.39. The lowest BCUT2D eigenvalue weighted by atomic mass is 10.2. The molecule has 0 unspecified atom stereocenters. The molecule has 1 aliphatic heterocycles. The average molecular weight is 310 g/mol. The molecule has 116 valence electrons. The lowest BCUT2D eigenvalue weighted by molar-refractivity contribution is 0.0645. The maximum atomic E-state index is 12.5. The van der Waals surface area contributed by atoms with Crippen LogP contribution in [0.4, 0.5) is 0 Å². The van der Waals surface area contributed by atoms with E-state index in [1.807, 2.05) is 18.3 Å². The minimum absolute atomic E-state index is 0.0329. The molecule has 1 aliphatic carbocycles. The highest BCUT2D eigenvalue weighted by Crippen LogP contribution is 2.31. The fraction of sp³-hybridized carbons (Fsp3) is 0.667. The summed E-state index contributed by atoms with van der Waals surface area (Å²) in [5, 5.41) is -0.374. The van der Waals surface area contributed by atoms with E-state index in [1.165, 1.54) is 12.8 Å². The number of aromatic nitrogens is 1. The second-order valence-corrected chi connectivity index (χ2v) is 8.59. The molecule has 0 N–H and O–H groups in total. The van der Waals surface area contributed by atoms with Gasteiger partial charge < -0.3 is 9.47 Å². The molecule has 2 heterocycles. The molecule has 0 bridgehead atoms. The molecular weight excluding hydrogens is 288 g/mol. The van der Waals surface area contributed by atoms with Gasteiger partial charge in [-0.15, -0.1) is 0 Å². The van der Waals surface area contributed by atoms with Gasteiger partial charge in [0.1, 0.15) is 5.69 Å². The number of rotatable bonds is 4. The molecule has 1 saturated carbocycles. The van der Waals surface area contributed by atoms with Gasteiger partial charge in [-0.05, 0) is 25.0 Å². The molecule has 6 heteroatoms. The van der Waals surface area contributed by atoms with Gasteiger partial charge in [0.25, 0.3) is 5.91 Å². The van der Waals surface area contributed by atoms with Crippen LogP contribution in [0.5, 0.6) is 0 Å². The molecular formula is C15H22N2O3S. The normalized spacial score (nSPS) is 20.7. The first-order valence-electron chi connectivity index (χ1n) is 7.70. The predicted molar refractivity (Wildman–Crippen MR) is 81.1 cm³/mol. The largest absolute Gasteiger partial charge is 0.340 e. The topological polar surface area (TPSA) is 59.4 Å². The van der Waals surface area contributed by atoms with E-state index in [4.69, 9.17) is 0 Å². The third-order valence-electron chi connectivity index (χ3n) is 4.76. The van der Waals surface area contributed by atoms with Crippen LogP contribution in [-0.4, -0.2) is 47.9 Å². The Labute approximate surface area is 125 Å². The van der Waals surface area contributed by atoms with Crippen molar-refractivity contribution in [3.05, 3.63) is 24.0 Å². The quantitative estimate of drug-likeness (QED) is 0.853. The van der Waals surface area contributed by atoms with Gasteiger partial charge in [-0.25, -0.2) is 8.42 Å². The van der Waals surface area contributed by atoms with Crippen LogP contribution >= 0.6 is 0 Å². The van der Waals surface area contributed by atoms with Gasteiger partial charge in [0.2, 0.25) is 0 Å². The van der Waals surface area contributed by atoms with Crippen LogP contribution in [0.15, 0.2) is 18.3 Å². The highest BCUT2D eigenvalue weighted by molar-refractivity contribution is 7.92. The van der Waals surface area contributed by atoms with Gasteiger partial charge >= 0.3 is 0 Å². The second-order valence-electron chi connectivity index (χ2n) is 6.02. The Kier molecular flexibility index (Phi) is 3.82. The number of carbonyl (C=O) groups is 1. The molecule has 0 atom stereocenters. The molecule has 2 aliphatic rings. The Balaban J connectivity index is 1.69. The maximum absolute atomic E-state index is 12.5. The molecule has 3 rings (SSSR count). The van der Waals surface area contributed by atoms with Gasteiger partial charge in [-0.3, -0.25) is 4.79 Å². The molecule has 0 aromatic carbocycles. The first-order chi connectivity index (χ1) is 10.0. The zero-order chi connectivity index (χ0) is 15.0. The van der Waals surface area contributed by atoms with Crippen LogP contribution in [0.2, 0.25) is 0 Å². The van der Waals surface area contributed by atoms with Crippen molar-refractivity contribution < 1.29 is 13.2 Å². The lowest BCUT2D eigenvalue weighted by Gasteiger charge is -2.38. The van der Waals surface area contributed by atoms with Gasteiger partial charge in [0.15, 0.2) is 9.84 Å². The van der Waals surface area contributed by atoms with E-state index >= 15 is 0 Å². The number of nitrogens with zero attached hydrogens (tertiary/aromatic N) is 2. The number of carbonyl (C=O) groups excluding carboxylic acids is 1. The van der Waals surface area contributed by atoms with Gasteiger partial charge in [0.05, 0.1) is 5.25 Å². The summed E-state index contributed by atoms with van der Waals surface area (Å²) in [6, 6.07) is 4.18. The molecule has 0 radical (unpaired) electrons. The molecule has 2 fully saturated rings. The molecule has 21 heavy (non-hydrogen) atoms. The Bertz CT molecular complexity index is 623. The zero-order valence-corrected chi connectivity index (χ0v) is 13.2. The summed E-state index contributed by atoms with van der Waals surface area (Å²) in [6.45, 7) is 2.33. The third-order valence-corrected chi connectivity index (χ3v) is 6.88. The van der Waals surface area contributed by atoms with E-state index in [-0.39, 0.29) is 16.9 Å². The molecule has 0 spiro atoms. The SMILES string of the molecule is CCS(=O)(=O)C1CN(C(=O)c2cccn2C2CCCC2)C1. The Morgan fingerprint density at radius 2 is 1.95 bits per heavy atom. The molecule has 5 nitrogen and oxygen atoms in total. The summed E-state index contributed by atoms with van der Waals surface area (Å²) in [5.41, 5.74) is 0.703. The molecule has 1 amide bonds. The number of hydrogen-bond donors (Lipinski definition) is 0. The van der Waals surface area contributed by atoms with Crippen molar-refractivity contribution in [2.75, 3.05) is 18.8 Å². The van der Waals surface area contributed by atoms with Crippen LogP contribution in [-0.2, 0) is 9.84 Å². The molecule has 1 aromatic heterocycles. The first-order valence-corrected chi connectivity index (χ1v) is 9.42. The van der Waals surface area contributed by atoms with E-state index in [0.29, 0.717) is 24.8 Å². The van der Waals surface area contributed by atoms with Crippen molar-refractivity contribution in [3.63, 3.8) is 0 Å². The third kappa shape index (κ3) is 2.61. The molecule has 1 aromatic rings. The highest BCUT2D eigenvalue weighted by atomic mass is 32.2. The number of likely N-dealkylation sites (tertiary alicyclic amines) is 1. The van der Waals surface area contributed by atoms with Crippen LogP contribution in [0, 0.1) is 0 Å². The van der Waals surface area contributed by atoms with Crippen LogP contribution in [0.3, 0.4) is 0 Å². The number of sulfone groups is 1. The monoisotopic (exact) mass is 310 g/mol. The van der Waals surface area contributed by atoms with Gasteiger partial charge in [0, 0.05) is 31.1 Å².